The van der Waals surface area contributed by atoms with Gasteiger partial charge in [0.05, 0.1) is 0 Å². The van der Waals surface area contributed by atoms with Gasteiger partial charge >= 0.3 is 0 Å². The van der Waals surface area contributed by atoms with E-state index in [0.29, 0.717) is 0 Å². The summed E-state index contributed by atoms with van der Waals surface area (Å²) < 4.78 is 0. The lowest BCUT2D eigenvalue weighted by atomic mass is 9.68. The van der Waals surface area contributed by atoms with Gasteiger partial charge in [0.15, 0.2) is 0 Å². The highest BCUT2D eigenvalue weighted by atomic mass is 16.3. The van der Waals surface area contributed by atoms with Gasteiger partial charge in [-0.05, 0) is 84.2 Å². The Morgan fingerprint density at radius 1 is 0.878 bits per heavy atom. The van der Waals surface area contributed by atoms with Crippen LogP contribution >= 0.6 is 0 Å². The summed E-state index contributed by atoms with van der Waals surface area (Å²) in [6.07, 6.45) is 3.10. The van der Waals surface area contributed by atoms with Gasteiger partial charge in [-0.1, -0.05) is 93.5 Å². The first kappa shape index (κ1) is 33.0. The molecule has 0 radical (unpaired) electrons. The van der Waals surface area contributed by atoms with Crippen LogP contribution in [0.15, 0.2) is 36.4 Å². The molecule has 2 aromatic rings. The van der Waals surface area contributed by atoms with Gasteiger partial charge in [0.1, 0.15) is 11.5 Å². The zero-order valence-electron chi connectivity index (χ0n) is 27.7. The molecule has 1 aliphatic rings. The molecular formula is C36H56N2O3. The summed E-state index contributed by atoms with van der Waals surface area (Å²) >= 11 is 0. The molecule has 0 spiro atoms. The average Bonchev–Trinajstić information content (AvgIpc) is 2.86. The molecule has 4 atom stereocenters. The molecule has 0 aliphatic carbocycles. The molecule has 1 amide bonds. The maximum Gasteiger partial charge on any atom is 0.221 e. The van der Waals surface area contributed by atoms with Gasteiger partial charge in [0, 0.05) is 29.0 Å². The number of nitrogens with one attached hydrogen (secondary N) is 2. The topological polar surface area (TPSA) is 81.6 Å². The molecule has 0 aromatic heterocycles. The Morgan fingerprint density at radius 3 is 1.73 bits per heavy atom. The van der Waals surface area contributed by atoms with Crippen molar-refractivity contribution in [3.63, 3.8) is 0 Å². The van der Waals surface area contributed by atoms with Gasteiger partial charge < -0.3 is 20.8 Å². The van der Waals surface area contributed by atoms with Gasteiger partial charge in [0.2, 0.25) is 5.91 Å². The molecule has 4 unspecified atom stereocenters. The summed E-state index contributed by atoms with van der Waals surface area (Å²) in [5.74, 6) is 0.800. The summed E-state index contributed by atoms with van der Waals surface area (Å²) in [4.78, 5) is 14.1. The van der Waals surface area contributed by atoms with Crippen LogP contribution in [0.2, 0.25) is 0 Å². The Hall–Kier alpha value is -2.53. The van der Waals surface area contributed by atoms with E-state index in [2.05, 4.69) is 106 Å². The van der Waals surface area contributed by atoms with E-state index in [0.717, 1.165) is 41.5 Å². The zero-order chi connectivity index (χ0) is 31.2. The lowest BCUT2D eigenvalue weighted by Crippen LogP contribution is -2.68. The third-order valence-electron chi connectivity index (χ3n) is 10.1. The van der Waals surface area contributed by atoms with Crippen molar-refractivity contribution in [2.45, 2.75) is 142 Å². The Morgan fingerprint density at radius 2 is 1.34 bits per heavy atom. The van der Waals surface area contributed by atoms with Gasteiger partial charge in [0.25, 0.3) is 0 Å². The normalized spacial score (nSPS) is 25.7. The molecule has 1 aliphatic heterocycles. The molecule has 1 saturated heterocycles. The molecule has 2 aromatic carbocycles. The highest BCUT2D eigenvalue weighted by Crippen LogP contribution is 2.43. The molecule has 5 nitrogen and oxygen atoms in total. The van der Waals surface area contributed by atoms with Crippen molar-refractivity contribution in [1.29, 1.82) is 0 Å². The fourth-order valence-corrected chi connectivity index (χ4v) is 6.69. The third-order valence-corrected chi connectivity index (χ3v) is 10.1. The van der Waals surface area contributed by atoms with Crippen LogP contribution in [0, 0.1) is 5.92 Å². The van der Waals surface area contributed by atoms with E-state index in [1.165, 1.54) is 0 Å². The SMILES string of the molecule is CCC1(C)CC(NC(=O)CC(C)(c2ccc(O)c(C(C)(C)C)c2)c2ccc(O)c(C(C)(C)C)c2)C(C)C(C)(CC)N1. The summed E-state index contributed by atoms with van der Waals surface area (Å²) in [6.45, 7) is 25.9. The van der Waals surface area contributed by atoms with Crippen molar-refractivity contribution < 1.29 is 15.0 Å². The summed E-state index contributed by atoms with van der Waals surface area (Å²) in [6, 6.07) is 11.6. The fourth-order valence-electron chi connectivity index (χ4n) is 6.69. The van der Waals surface area contributed by atoms with E-state index in [1.807, 2.05) is 12.1 Å². The lowest BCUT2D eigenvalue weighted by Gasteiger charge is -2.53. The molecule has 41 heavy (non-hydrogen) atoms. The number of benzene rings is 2. The first-order valence-corrected chi connectivity index (χ1v) is 15.5. The second-order valence-electron chi connectivity index (χ2n) is 15.4. The second-order valence-corrected chi connectivity index (χ2v) is 15.4. The first-order chi connectivity index (χ1) is 18.7. The number of carbonyl (C=O) groups is 1. The minimum atomic E-state index is -0.691. The van der Waals surface area contributed by atoms with Crippen molar-refractivity contribution >= 4 is 5.91 Å². The molecule has 0 bridgehead atoms. The first-order valence-electron chi connectivity index (χ1n) is 15.5. The van der Waals surface area contributed by atoms with Crippen molar-refractivity contribution in [1.82, 2.24) is 10.6 Å². The van der Waals surface area contributed by atoms with Crippen LogP contribution in [0.1, 0.15) is 131 Å². The van der Waals surface area contributed by atoms with E-state index >= 15 is 0 Å². The zero-order valence-corrected chi connectivity index (χ0v) is 27.7. The van der Waals surface area contributed by atoms with Crippen LogP contribution in [-0.4, -0.2) is 33.2 Å². The van der Waals surface area contributed by atoms with Crippen LogP contribution in [-0.2, 0) is 21.0 Å². The standard InChI is InChI=1S/C36H56N2O3/c1-13-34(10)21-28(23(3)36(12,14-2)38-34)37-31(41)22-35(11,24-15-17-29(39)26(19-24)32(4,5)6)25-16-18-30(40)27(20-25)33(7,8)9/h15-20,23,28,38-40H,13-14,21-22H2,1-12H3,(H,37,41). The molecule has 3 rings (SSSR count). The Labute approximate surface area is 249 Å². The second kappa shape index (κ2) is 11.3. The molecular weight excluding hydrogens is 508 g/mol. The highest BCUT2D eigenvalue weighted by Gasteiger charge is 2.47. The number of piperidine rings is 1. The molecule has 5 heteroatoms. The van der Waals surface area contributed by atoms with Crippen LogP contribution in [0.5, 0.6) is 11.5 Å². The van der Waals surface area contributed by atoms with Crippen LogP contribution in [0.3, 0.4) is 0 Å². The number of rotatable bonds is 7. The highest BCUT2D eigenvalue weighted by molar-refractivity contribution is 5.79. The molecule has 228 valence electrons. The molecule has 4 N–H and O–H groups in total. The van der Waals surface area contributed by atoms with E-state index in [1.54, 1.807) is 12.1 Å². The summed E-state index contributed by atoms with van der Waals surface area (Å²) in [7, 11) is 0. The van der Waals surface area contributed by atoms with E-state index in [9.17, 15) is 15.0 Å². The number of hydrogen-bond donors (Lipinski definition) is 4. The van der Waals surface area contributed by atoms with Crippen LogP contribution in [0.25, 0.3) is 0 Å². The minimum absolute atomic E-state index is 0.0129. The average molecular weight is 565 g/mol. The Balaban J connectivity index is 2.10. The third kappa shape index (κ3) is 6.77. The largest absolute Gasteiger partial charge is 0.508 e. The van der Waals surface area contributed by atoms with Gasteiger partial charge in [-0.3, -0.25) is 4.79 Å². The Bertz CT molecular complexity index is 1190. The van der Waals surface area contributed by atoms with Gasteiger partial charge in [-0.25, -0.2) is 0 Å². The monoisotopic (exact) mass is 564 g/mol. The predicted molar refractivity (Wildman–Crippen MR) is 171 cm³/mol. The van der Waals surface area contributed by atoms with E-state index in [-0.39, 0.29) is 57.7 Å². The smallest absolute Gasteiger partial charge is 0.221 e. The number of hydrogen-bond acceptors (Lipinski definition) is 4. The number of carbonyl (C=O) groups excluding carboxylic acids is 1. The molecule has 1 fully saturated rings. The Kier molecular flexibility index (Phi) is 9.07. The number of amides is 1. The van der Waals surface area contributed by atoms with Crippen molar-refractivity contribution in [2.24, 2.45) is 5.92 Å². The van der Waals surface area contributed by atoms with Crippen molar-refractivity contribution in [3.8, 4) is 11.5 Å². The molecule has 1 heterocycles. The number of phenols is 2. The quantitative estimate of drug-likeness (QED) is 0.276. The summed E-state index contributed by atoms with van der Waals surface area (Å²) in [5.41, 5.74) is 2.29. The fraction of sp³-hybridized carbons (Fsp3) is 0.639. The van der Waals surface area contributed by atoms with E-state index in [4.69, 9.17) is 0 Å². The summed E-state index contributed by atoms with van der Waals surface area (Å²) in [5, 5.41) is 28.9. The maximum atomic E-state index is 14.1. The van der Waals surface area contributed by atoms with Crippen LogP contribution < -0.4 is 10.6 Å². The molecule has 0 saturated carbocycles. The van der Waals surface area contributed by atoms with Gasteiger partial charge in [-0.15, -0.1) is 0 Å². The van der Waals surface area contributed by atoms with Crippen LogP contribution in [0.4, 0.5) is 0 Å². The lowest BCUT2D eigenvalue weighted by molar-refractivity contribution is -0.124. The maximum absolute atomic E-state index is 14.1. The van der Waals surface area contributed by atoms with Crippen molar-refractivity contribution in [2.75, 3.05) is 0 Å². The predicted octanol–water partition coefficient (Wildman–Crippen LogP) is 7.84. The van der Waals surface area contributed by atoms with Gasteiger partial charge in [-0.2, -0.15) is 0 Å². The minimum Gasteiger partial charge on any atom is -0.508 e. The number of phenolic OH excluding ortho intramolecular Hbond substituents is 2. The number of aromatic hydroxyl groups is 2. The van der Waals surface area contributed by atoms with E-state index < -0.39 is 5.41 Å². The van der Waals surface area contributed by atoms with Crippen molar-refractivity contribution in [3.05, 3.63) is 58.7 Å².